The molecule has 96 valence electrons. The van der Waals surface area contributed by atoms with Gasteiger partial charge in [0.2, 0.25) is 0 Å². The molecular formula is C14H18N2S2. The van der Waals surface area contributed by atoms with E-state index in [1.165, 1.54) is 0 Å². The third kappa shape index (κ3) is 3.39. The molecule has 0 saturated carbocycles. The third-order valence-corrected chi connectivity index (χ3v) is 4.38. The van der Waals surface area contributed by atoms with Crippen molar-refractivity contribution in [3.63, 3.8) is 0 Å². The van der Waals surface area contributed by atoms with Crippen molar-refractivity contribution in [2.45, 2.75) is 25.4 Å². The molecule has 0 bridgehead atoms. The van der Waals surface area contributed by atoms with Crippen molar-refractivity contribution >= 4 is 34.6 Å². The number of thioether (sulfide) groups is 2. The summed E-state index contributed by atoms with van der Waals surface area (Å²) in [6, 6.07) is 8.13. The van der Waals surface area contributed by atoms with Crippen molar-refractivity contribution in [3.8, 4) is 0 Å². The largest absolute Gasteiger partial charge is 0.248 e. The molecule has 0 atom stereocenters. The van der Waals surface area contributed by atoms with E-state index >= 15 is 0 Å². The predicted molar refractivity (Wildman–Crippen MR) is 83.2 cm³/mol. The lowest BCUT2D eigenvalue weighted by Crippen LogP contribution is -2.00. The molecule has 2 aromatic rings. The molecule has 1 heterocycles. The Morgan fingerprint density at radius 2 is 1.28 bits per heavy atom. The highest BCUT2D eigenvalue weighted by atomic mass is 32.2. The van der Waals surface area contributed by atoms with E-state index < -0.39 is 0 Å². The number of para-hydroxylation sites is 2. The fourth-order valence-corrected chi connectivity index (χ4v) is 2.96. The Morgan fingerprint density at radius 3 is 1.67 bits per heavy atom. The highest BCUT2D eigenvalue weighted by Gasteiger charge is 2.08. The van der Waals surface area contributed by atoms with E-state index in [0.29, 0.717) is 0 Å². The predicted octanol–water partition coefficient (Wildman–Crippen LogP) is 4.14. The van der Waals surface area contributed by atoms with Crippen LogP contribution < -0.4 is 0 Å². The molecule has 4 heteroatoms. The van der Waals surface area contributed by atoms with Crippen molar-refractivity contribution in [3.05, 3.63) is 35.7 Å². The number of nitrogens with zero attached hydrogens (tertiary/aromatic N) is 2. The molecule has 1 aromatic carbocycles. The fraction of sp³-hybridized carbons (Fsp3) is 0.429. The summed E-state index contributed by atoms with van der Waals surface area (Å²) >= 11 is 3.81. The van der Waals surface area contributed by atoms with Crippen LogP contribution in [0.2, 0.25) is 0 Å². The summed E-state index contributed by atoms with van der Waals surface area (Å²) < 4.78 is 0. The highest BCUT2D eigenvalue weighted by molar-refractivity contribution is 7.98. The van der Waals surface area contributed by atoms with Gasteiger partial charge in [0.15, 0.2) is 0 Å². The maximum atomic E-state index is 4.77. The van der Waals surface area contributed by atoms with Gasteiger partial charge in [-0.3, -0.25) is 0 Å². The summed E-state index contributed by atoms with van der Waals surface area (Å²) in [6.45, 7) is 4.36. The number of benzene rings is 1. The molecule has 0 fully saturated rings. The van der Waals surface area contributed by atoms with E-state index in [1.807, 2.05) is 47.8 Å². The van der Waals surface area contributed by atoms with Crippen LogP contribution in [0.5, 0.6) is 0 Å². The Hall–Kier alpha value is -0.740. The zero-order chi connectivity index (χ0) is 12.8. The summed E-state index contributed by atoms with van der Waals surface area (Å²) in [4.78, 5) is 9.54. The van der Waals surface area contributed by atoms with Crippen LogP contribution in [0.1, 0.15) is 25.2 Å². The first-order chi connectivity index (χ1) is 8.85. The summed E-state index contributed by atoms with van der Waals surface area (Å²) in [5.41, 5.74) is 4.33. The molecule has 0 aliphatic rings. The van der Waals surface area contributed by atoms with Gasteiger partial charge in [0.1, 0.15) is 0 Å². The van der Waals surface area contributed by atoms with Crippen LogP contribution >= 0.6 is 23.5 Å². The van der Waals surface area contributed by atoms with Crippen molar-refractivity contribution < 1.29 is 0 Å². The molecular weight excluding hydrogens is 260 g/mol. The van der Waals surface area contributed by atoms with Crippen molar-refractivity contribution in [2.75, 3.05) is 11.5 Å². The SMILES string of the molecule is CCSCc1nc2ccccc2nc1CSCC. The third-order valence-electron chi connectivity index (χ3n) is 2.61. The normalized spacial score (nSPS) is 11.0. The second-order valence-corrected chi connectivity index (χ2v) is 6.43. The average Bonchev–Trinajstić information content (AvgIpc) is 2.42. The van der Waals surface area contributed by atoms with Crippen LogP contribution in [0.3, 0.4) is 0 Å². The van der Waals surface area contributed by atoms with Gasteiger partial charge in [-0.1, -0.05) is 26.0 Å². The molecule has 0 amide bonds. The second kappa shape index (κ2) is 7.00. The smallest absolute Gasteiger partial charge is 0.0890 e. The topological polar surface area (TPSA) is 25.8 Å². The molecule has 2 rings (SSSR count). The lowest BCUT2D eigenvalue weighted by atomic mass is 10.2. The molecule has 0 spiro atoms. The molecule has 0 aliphatic carbocycles. The molecule has 1 aromatic heterocycles. The van der Waals surface area contributed by atoms with E-state index in [4.69, 9.17) is 9.97 Å². The van der Waals surface area contributed by atoms with Gasteiger partial charge in [-0.15, -0.1) is 0 Å². The molecule has 0 aliphatic heterocycles. The lowest BCUT2D eigenvalue weighted by molar-refractivity contribution is 1.07. The van der Waals surface area contributed by atoms with E-state index in [9.17, 15) is 0 Å². The van der Waals surface area contributed by atoms with Gasteiger partial charge in [-0.05, 0) is 23.6 Å². The zero-order valence-electron chi connectivity index (χ0n) is 10.8. The van der Waals surface area contributed by atoms with Crippen LogP contribution in [0, 0.1) is 0 Å². The Morgan fingerprint density at radius 1 is 0.833 bits per heavy atom. The van der Waals surface area contributed by atoms with E-state index in [-0.39, 0.29) is 0 Å². The molecule has 0 saturated heterocycles. The fourth-order valence-electron chi connectivity index (χ4n) is 1.70. The summed E-state index contributed by atoms with van der Waals surface area (Å²) in [7, 11) is 0. The minimum atomic E-state index is 0.966. The molecule has 0 unspecified atom stereocenters. The van der Waals surface area contributed by atoms with Crippen molar-refractivity contribution in [1.29, 1.82) is 0 Å². The van der Waals surface area contributed by atoms with Crippen LogP contribution in [-0.4, -0.2) is 21.5 Å². The van der Waals surface area contributed by atoms with Crippen LogP contribution in [-0.2, 0) is 11.5 Å². The number of rotatable bonds is 6. The average molecular weight is 278 g/mol. The van der Waals surface area contributed by atoms with Gasteiger partial charge in [-0.25, -0.2) is 9.97 Å². The first-order valence-electron chi connectivity index (χ1n) is 6.25. The first-order valence-corrected chi connectivity index (χ1v) is 8.56. The number of fused-ring (bicyclic) bond motifs is 1. The van der Waals surface area contributed by atoms with Gasteiger partial charge >= 0.3 is 0 Å². The summed E-state index contributed by atoms with van der Waals surface area (Å²) in [6.07, 6.45) is 0. The van der Waals surface area contributed by atoms with Gasteiger partial charge in [0, 0.05) is 11.5 Å². The van der Waals surface area contributed by atoms with Crippen LogP contribution in [0.25, 0.3) is 11.0 Å². The monoisotopic (exact) mass is 278 g/mol. The van der Waals surface area contributed by atoms with Crippen LogP contribution in [0.4, 0.5) is 0 Å². The van der Waals surface area contributed by atoms with Gasteiger partial charge in [0.25, 0.3) is 0 Å². The number of aromatic nitrogens is 2. The van der Waals surface area contributed by atoms with Crippen molar-refractivity contribution in [2.24, 2.45) is 0 Å². The summed E-state index contributed by atoms with van der Waals surface area (Å²) in [5, 5.41) is 0. The van der Waals surface area contributed by atoms with Gasteiger partial charge in [0.05, 0.1) is 22.4 Å². The Kier molecular flexibility index (Phi) is 5.32. The maximum absolute atomic E-state index is 4.77. The van der Waals surface area contributed by atoms with E-state index in [1.54, 1.807) is 0 Å². The molecule has 18 heavy (non-hydrogen) atoms. The Balaban J connectivity index is 2.35. The van der Waals surface area contributed by atoms with Crippen LogP contribution in [0.15, 0.2) is 24.3 Å². The quantitative estimate of drug-likeness (QED) is 0.793. The second-order valence-electron chi connectivity index (χ2n) is 3.88. The Labute approximate surface area is 117 Å². The van der Waals surface area contributed by atoms with Gasteiger partial charge in [-0.2, -0.15) is 23.5 Å². The number of hydrogen-bond acceptors (Lipinski definition) is 4. The van der Waals surface area contributed by atoms with Crippen molar-refractivity contribution in [1.82, 2.24) is 9.97 Å². The summed E-state index contributed by atoms with van der Waals surface area (Å²) in [5.74, 6) is 4.17. The van der Waals surface area contributed by atoms with E-state index in [0.717, 1.165) is 45.4 Å². The molecule has 0 N–H and O–H groups in total. The van der Waals surface area contributed by atoms with Gasteiger partial charge < -0.3 is 0 Å². The maximum Gasteiger partial charge on any atom is 0.0890 e. The van der Waals surface area contributed by atoms with E-state index in [2.05, 4.69) is 13.8 Å². The molecule has 0 radical (unpaired) electrons. The molecule has 2 nitrogen and oxygen atoms in total. The Bertz CT molecular complexity index is 468. The first kappa shape index (κ1) is 13.7. The number of hydrogen-bond donors (Lipinski definition) is 0. The highest BCUT2D eigenvalue weighted by Crippen LogP contribution is 2.21. The lowest BCUT2D eigenvalue weighted by Gasteiger charge is -2.08. The standard InChI is InChI=1S/C14H18N2S2/c1-3-17-9-13-14(10-18-4-2)16-12-8-6-5-7-11(12)15-13/h5-8H,3-4,9-10H2,1-2H3. The minimum absolute atomic E-state index is 0.966. The zero-order valence-corrected chi connectivity index (χ0v) is 12.5. The minimum Gasteiger partial charge on any atom is -0.248 e.